The van der Waals surface area contributed by atoms with Crippen LogP contribution in [0.25, 0.3) is 0 Å². The molecule has 0 aliphatic carbocycles. The van der Waals surface area contributed by atoms with E-state index in [0.717, 1.165) is 6.07 Å². The topological polar surface area (TPSA) is 360 Å². The van der Waals surface area contributed by atoms with Crippen LogP contribution < -0.4 is 29.6 Å². The van der Waals surface area contributed by atoms with E-state index in [4.69, 9.17) is 18.9 Å². The maximum absolute atomic E-state index is 13.8. The average Bonchev–Trinajstić information content (AvgIpc) is 3.38. The highest BCUT2D eigenvalue weighted by Gasteiger charge is 2.19. The molecule has 0 aliphatic heterocycles. The van der Waals surface area contributed by atoms with E-state index in [1.54, 1.807) is 88.4 Å². The number of urea groups is 1. The summed E-state index contributed by atoms with van der Waals surface area (Å²) in [5.74, 6) is -0.291. The van der Waals surface area contributed by atoms with Gasteiger partial charge in [-0.15, -0.1) is 10.2 Å². The van der Waals surface area contributed by atoms with Gasteiger partial charge in [0, 0.05) is 30.2 Å². The first kappa shape index (κ1) is 61.4. The second-order valence-corrected chi connectivity index (χ2v) is 22.4. The number of hydrogen-bond acceptors (Lipinski definition) is 21. The van der Waals surface area contributed by atoms with Crippen LogP contribution in [0.15, 0.2) is 148 Å². The summed E-state index contributed by atoms with van der Waals surface area (Å²) >= 11 is 0.526. The van der Waals surface area contributed by atoms with Crippen LogP contribution in [0.5, 0.6) is 23.0 Å². The zero-order valence-corrected chi connectivity index (χ0v) is 47.2. The predicted octanol–water partition coefficient (Wildman–Crippen LogP) is 14.1. The molecule has 80 heavy (non-hydrogen) atoms. The highest BCUT2D eigenvalue weighted by Crippen LogP contribution is 2.39. The van der Waals surface area contributed by atoms with Crippen LogP contribution in [0.3, 0.4) is 0 Å². The Labute approximate surface area is 466 Å². The van der Waals surface area contributed by atoms with E-state index < -0.39 is 52.8 Å². The summed E-state index contributed by atoms with van der Waals surface area (Å²) in [4.78, 5) is 13.8. The van der Waals surface area contributed by atoms with Gasteiger partial charge in [0.1, 0.15) is 39.3 Å². The normalized spacial score (nSPS) is 12.2. The molecule has 0 bridgehead atoms. The van der Waals surface area contributed by atoms with Crippen molar-refractivity contribution in [1.82, 2.24) is 0 Å². The minimum absolute atomic E-state index is 0.0445. The molecule has 424 valence electrons. The molecule has 6 aromatic rings. The predicted molar refractivity (Wildman–Crippen MR) is 301 cm³/mol. The molecule has 0 unspecified atom stereocenters. The number of ether oxygens (including phenoxy) is 4. The minimum Gasteiger partial charge on any atom is -0.494 e. The Morgan fingerprint density at radius 3 is 1.31 bits per heavy atom. The summed E-state index contributed by atoms with van der Waals surface area (Å²) in [6.07, 6.45) is -0.229. The number of anilines is 2. The molecule has 0 saturated heterocycles. The lowest BCUT2D eigenvalue weighted by atomic mass is 10.1. The molecule has 0 heterocycles. The Morgan fingerprint density at radius 1 is 0.487 bits per heavy atom. The molecule has 0 fully saturated rings. The van der Waals surface area contributed by atoms with Crippen LogP contribution in [0.2, 0.25) is 0 Å². The van der Waals surface area contributed by atoms with Gasteiger partial charge in [0.2, 0.25) is 0 Å². The molecule has 2 amide bonds. The fourth-order valence-electron chi connectivity index (χ4n) is 7.14. The van der Waals surface area contributed by atoms with E-state index in [-0.39, 0.29) is 72.7 Å². The van der Waals surface area contributed by atoms with Crippen molar-refractivity contribution >= 4 is 105 Å². The Hall–Kier alpha value is -7.77. The third-order valence-corrected chi connectivity index (χ3v) is 14.0. The van der Waals surface area contributed by atoms with Crippen LogP contribution in [0.1, 0.15) is 48.9 Å². The fourth-order valence-corrected chi connectivity index (χ4v) is 9.12. The zero-order valence-electron chi connectivity index (χ0n) is 43.9. The van der Waals surface area contributed by atoms with Gasteiger partial charge in [-0.2, -0.15) is 55.9 Å². The quantitative estimate of drug-likeness (QED) is 0.0127. The summed E-state index contributed by atoms with van der Waals surface area (Å²) in [7, 11) is -13.3. The maximum atomic E-state index is 13.8. The maximum Gasteiger partial charge on any atom is 0.323 e. The molecule has 0 radical (unpaired) electrons. The van der Waals surface area contributed by atoms with Gasteiger partial charge in [-0.25, -0.2) is 4.79 Å². The van der Waals surface area contributed by atoms with Crippen molar-refractivity contribution in [1.29, 1.82) is 0 Å². The van der Waals surface area contributed by atoms with E-state index in [1.165, 1.54) is 30.3 Å². The first-order chi connectivity index (χ1) is 37.9. The number of benzene rings is 6. The Bertz CT molecular complexity index is 3710. The van der Waals surface area contributed by atoms with Gasteiger partial charge in [0.15, 0.2) is 0 Å². The number of nitrogens with zero attached hydrogens (tertiary/aromatic N) is 8. The van der Waals surface area contributed by atoms with Crippen LogP contribution in [0.4, 0.5) is 61.7 Å². The Balaban J connectivity index is 1.22. The van der Waals surface area contributed by atoms with Gasteiger partial charge in [0.05, 0.1) is 88.3 Å². The molecule has 25 nitrogen and oxygen atoms in total. The van der Waals surface area contributed by atoms with Gasteiger partial charge in [-0.1, -0.05) is 0 Å². The molecule has 6 N–H and O–H groups in total. The molecule has 0 aromatic heterocycles. The second kappa shape index (κ2) is 27.9. The van der Waals surface area contributed by atoms with Gasteiger partial charge in [0.25, 0.3) is 30.4 Å². The first-order valence-electron chi connectivity index (χ1n) is 24.2. The average molecular weight is 1180 g/mol. The summed E-state index contributed by atoms with van der Waals surface area (Å²) in [6.45, 7) is 10.8. The van der Waals surface area contributed by atoms with Crippen LogP contribution in [-0.4, -0.2) is 87.4 Å². The highest BCUT2D eigenvalue weighted by atomic mass is 32.2. The summed E-state index contributed by atoms with van der Waals surface area (Å²) < 4.78 is 131. The molecular weight excluding hydrogens is 1120 g/mol. The lowest BCUT2D eigenvalue weighted by Gasteiger charge is -2.17. The van der Waals surface area contributed by atoms with E-state index >= 15 is 0 Å². The smallest absolute Gasteiger partial charge is 0.323 e. The molecular formula is C51H56N10O15S4. The summed E-state index contributed by atoms with van der Waals surface area (Å²) in [6, 6.07) is 24.2. The van der Waals surface area contributed by atoms with Gasteiger partial charge < -0.3 is 34.1 Å². The molecule has 0 saturated carbocycles. The van der Waals surface area contributed by atoms with E-state index in [2.05, 4.69) is 51.5 Å². The number of azo groups is 4. The number of carbonyl (C=O) groups is 1. The Morgan fingerprint density at radius 2 is 0.887 bits per heavy atom. The number of amides is 2. The van der Waals surface area contributed by atoms with Gasteiger partial charge in [-0.3, -0.25) is 13.7 Å². The summed E-state index contributed by atoms with van der Waals surface area (Å²) in [5, 5.41) is 39.9. The van der Waals surface area contributed by atoms with Crippen molar-refractivity contribution in [2.24, 2.45) is 40.9 Å². The number of carbonyl (C=O) groups excluding carboxylic acids is 1. The number of rotatable bonds is 26. The van der Waals surface area contributed by atoms with Crippen molar-refractivity contribution < 1.29 is 67.2 Å². The SMILES string of the molecule is CCOc1ccc(N=Nc2ccc(N=Nc3cc(OCCCS(=O)(=O)O)c(NC(=O)Nc4cc(C)c(N=Nc5ccc(N=Nc6ccc(OCC)cc6S(=O)(=O)O)c(C)c5)cc4OCCCS(=O)(=O)O)cc3C)cc2C)c(SO)c1. The lowest BCUT2D eigenvalue weighted by Crippen LogP contribution is -2.21. The molecule has 6 rings (SSSR count). The number of hydrogen-bond donors (Lipinski definition) is 6. The third kappa shape index (κ3) is 18.7. The monoisotopic (exact) mass is 1180 g/mol. The van der Waals surface area contributed by atoms with E-state index in [9.17, 15) is 48.3 Å². The van der Waals surface area contributed by atoms with E-state index in [1.807, 2.05) is 13.8 Å². The largest absolute Gasteiger partial charge is 0.494 e. The third-order valence-electron chi connectivity index (χ3n) is 11.0. The molecule has 0 spiro atoms. The number of aryl methyl sites for hydroxylation is 4. The van der Waals surface area contributed by atoms with Gasteiger partial charge in [-0.05, 0) is 156 Å². The van der Waals surface area contributed by atoms with Crippen LogP contribution in [-0.2, 0) is 30.4 Å². The fraction of sp³-hybridized carbons (Fsp3) is 0.275. The van der Waals surface area contributed by atoms with Crippen molar-refractivity contribution in [3.05, 3.63) is 119 Å². The van der Waals surface area contributed by atoms with Crippen LogP contribution in [0, 0.1) is 27.7 Å². The minimum atomic E-state index is -4.67. The van der Waals surface area contributed by atoms with E-state index in [0.29, 0.717) is 85.7 Å². The van der Waals surface area contributed by atoms with Crippen molar-refractivity contribution in [2.75, 3.05) is 48.6 Å². The Kier molecular flexibility index (Phi) is 21.4. The standard InChI is InChI=1S/C51H56N10O15S4/c1-7-73-37-13-17-41(49(27-37)77-63)58-56-39-15-11-35(23-31(39)3)54-60-43-29-47(75-19-9-21-78(64,65)66)45(25-33(43)5)52-51(62)53-46-26-34(6)44(30-48(46)76-20-10-22-79(67,68)69)61-55-36-12-16-40(32(4)24-36)57-59-42-18-14-38(74-8-2)28-50(42)80(70,71)72/h11-18,23-30,63H,7-10,19-22H2,1-6H3,(H2,52,53,62)(H,64,65,66)(H,67,68,69)(H,70,71,72). The van der Waals surface area contributed by atoms with Crippen molar-refractivity contribution in [3.63, 3.8) is 0 Å². The van der Waals surface area contributed by atoms with Crippen molar-refractivity contribution in [2.45, 2.75) is 64.2 Å². The summed E-state index contributed by atoms with van der Waals surface area (Å²) in [5.41, 5.74) is 5.21. The second-order valence-electron chi connectivity index (χ2n) is 17.3. The lowest BCUT2D eigenvalue weighted by molar-refractivity contribution is 0.261. The highest BCUT2D eigenvalue weighted by molar-refractivity contribution is 7.94. The molecule has 0 aliphatic rings. The van der Waals surface area contributed by atoms with Gasteiger partial charge >= 0.3 is 6.03 Å². The zero-order chi connectivity index (χ0) is 58.2. The number of nitrogens with one attached hydrogen (secondary N) is 2. The molecule has 0 atom stereocenters. The van der Waals surface area contributed by atoms with Crippen molar-refractivity contribution in [3.8, 4) is 23.0 Å². The molecule has 29 heteroatoms. The first-order valence-corrected chi connectivity index (χ1v) is 29.6. The molecule has 6 aromatic carbocycles. The van der Waals surface area contributed by atoms with Crippen LogP contribution >= 0.6 is 12.0 Å².